The molecule has 0 atom stereocenters. The highest BCUT2D eigenvalue weighted by Gasteiger charge is 2.06. The van der Waals surface area contributed by atoms with E-state index in [9.17, 15) is 0 Å². The van der Waals surface area contributed by atoms with E-state index in [2.05, 4.69) is 58.9 Å². The number of hydrogen-bond acceptors (Lipinski definition) is 3. The third-order valence-electron chi connectivity index (χ3n) is 3.81. The van der Waals surface area contributed by atoms with Crippen LogP contribution in [-0.2, 0) is 11.3 Å². The van der Waals surface area contributed by atoms with Gasteiger partial charge in [-0.3, -0.25) is 0 Å². The van der Waals surface area contributed by atoms with Crippen molar-refractivity contribution in [3.8, 4) is 11.3 Å². The molecule has 0 unspecified atom stereocenters. The Labute approximate surface area is 137 Å². The molecule has 0 fully saturated rings. The van der Waals surface area contributed by atoms with Gasteiger partial charge in [-0.2, -0.15) is 0 Å². The summed E-state index contributed by atoms with van der Waals surface area (Å²) in [5.74, 6) is 0. The maximum Gasteiger partial charge on any atom is 0.137 e. The normalized spacial score (nSPS) is 11.1. The molecule has 0 aliphatic rings. The molecule has 1 aromatic carbocycles. The predicted molar refractivity (Wildman–Crippen MR) is 94.9 cm³/mol. The quantitative estimate of drug-likeness (QED) is 0.645. The second-order valence-electron chi connectivity index (χ2n) is 5.92. The Morgan fingerprint density at radius 3 is 2.52 bits per heavy atom. The number of pyridine rings is 1. The third kappa shape index (κ3) is 3.54. The zero-order valence-corrected chi connectivity index (χ0v) is 14.0. The van der Waals surface area contributed by atoms with Gasteiger partial charge in [0.1, 0.15) is 5.65 Å². The van der Waals surface area contributed by atoms with Crippen LogP contribution in [0.1, 0.15) is 18.9 Å². The number of imidazole rings is 1. The molecule has 0 bridgehead atoms. The van der Waals surface area contributed by atoms with Gasteiger partial charge < -0.3 is 14.0 Å². The van der Waals surface area contributed by atoms with Gasteiger partial charge >= 0.3 is 0 Å². The standard InChI is InChI=1S/C19H23N3O/c1-4-11-23-14-15-5-10-19-20-18(13-22(19)12-15)16-6-8-17(9-7-16)21(2)3/h5-10,12-13H,4,11,14H2,1-3H3. The Morgan fingerprint density at radius 1 is 1.04 bits per heavy atom. The first-order valence-electron chi connectivity index (χ1n) is 8.00. The van der Waals surface area contributed by atoms with Crippen molar-refractivity contribution in [1.82, 2.24) is 9.38 Å². The van der Waals surface area contributed by atoms with E-state index < -0.39 is 0 Å². The Kier molecular flexibility index (Phi) is 4.63. The fourth-order valence-corrected chi connectivity index (χ4v) is 2.53. The first-order chi connectivity index (χ1) is 11.2. The molecular formula is C19H23N3O. The fraction of sp³-hybridized carbons (Fsp3) is 0.316. The van der Waals surface area contributed by atoms with Gasteiger partial charge in [-0.05, 0) is 30.2 Å². The molecule has 4 heteroatoms. The summed E-state index contributed by atoms with van der Waals surface area (Å²) in [6.45, 7) is 3.56. The number of aromatic nitrogens is 2. The van der Waals surface area contributed by atoms with Crippen LogP contribution in [0.15, 0.2) is 48.8 Å². The molecule has 0 aliphatic heterocycles. The minimum atomic E-state index is 0.648. The average molecular weight is 309 g/mol. The maximum absolute atomic E-state index is 5.61. The lowest BCUT2D eigenvalue weighted by Crippen LogP contribution is -2.07. The van der Waals surface area contributed by atoms with Crippen LogP contribution >= 0.6 is 0 Å². The van der Waals surface area contributed by atoms with Gasteiger partial charge in [-0.1, -0.05) is 25.1 Å². The van der Waals surface area contributed by atoms with Gasteiger partial charge in [-0.25, -0.2) is 4.98 Å². The van der Waals surface area contributed by atoms with Crippen LogP contribution in [0.5, 0.6) is 0 Å². The molecule has 0 radical (unpaired) electrons. The lowest BCUT2D eigenvalue weighted by atomic mass is 10.1. The zero-order chi connectivity index (χ0) is 16.2. The molecule has 4 nitrogen and oxygen atoms in total. The topological polar surface area (TPSA) is 29.8 Å². The van der Waals surface area contributed by atoms with Crippen LogP contribution < -0.4 is 4.90 Å². The largest absolute Gasteiger partial charge is 0.378 e. The van der Waals surface area contributed by atoms with Crippen molar-refractivity contribution in [2.24, 2.45) is 0 Å². The van der Waals surface area contributed by atoms with Crippen LogP contribution in [0.2, 0.25) is 0 Å². The van der Waals surface area contributed by atoms with Crippen molar-refractivity contribution in [3.63, 3.8) is 0 Å². The first-order valence-corrected chi connectivity index (χ1v) is 8.00. The summed E-state index contributed by atoms with van der Waals surface area (Å²) in [4.78, 5) is 6.80. The van der Waals surface area contributed by atoms with Crippen molar-refractivity contribution >= 4 is 11.3 Å². The van der Waals surface area contributed by atoms with Gasteiger partial charge in [0.2, 0.25) is 0 Å². The van der Waals surface area contributed by atoms with Crippen molar-refractivity contribution < 1.29 is 4.74 Å². The van der Waals surface area contributed by atoms with Crippen molar-refractivity contribution in [1.29, 1.82) is 0 Å². The highest BCUT2D eigenvalue weighted by molar-refractivity contribution is 5.65. The molecule has 0 saturated carbocycles. The number of anilines is 1. The lowest BCUT2D eigenvalue weighted by Gasteiger charge is -2.12. The molecule has 0 spiro atoms. The molecule has 0 amide bonds. The van der Waals surface area contributed by atoms with Crippen LogP contribution in [0.4, 0.5) is 5.69 Å². The molecule has 2 aromatic heterocycles. The Balaban J connectivity index is 1.84. The second-order valence-corrected chi connectivity index (χ2v) is 5.92. The summed E-state index contributed by atoms with van der Waals surface area (Å²) in [5.41, 5.74) is 5.42. The highest BCUT2D eigenvalue weighted by Crippen LogP contribution is 2.22. The molecule has 3 rings (SSSR count). The molecule has 0 N–H and O–H groups in total. The van der Waals surface area contributed by atoms with E-state index in [1.165, 1.54) is 5.69 Å². The minimum Gasteiger partial charge on any atom is -0.378 e. The SMILES string of the molecule is CCCOCc1ccc2nc(-c3ccc(N(C)C)cc3)cn2c1. The van der Waals surface area contributed by atoms with Gasteiger partial charge in [0.05, 0.1) is 12.3 Å². The third-order valence-corrected chi connectivity index (χ3v) is 3.81. The molecule has 0 aliphatic carbocycles. The van der Waals surface area contributed by atoms with E-state index in [0.29, 0.717) is 6.61 Å². The van der Waals surface area contributed by atoms with E-state index >= 15 is 0 Å². The lowest BCUT2D eigenvalue weighted by molar-refractivity contribution is 0.121. The van der Waals surface area contributed by atoms with Crippen molar-refractivity contribution in [3.05, 3.63) is 54.4 Å². The van der Waals surface area contributed by atoms with Crippen LogP contribution in [0.3, 0.4) is 0 Å². The maximum atomic E-state index is 5.61. The van der Waals surface area contributed by atoms with Crippen molar-refractivity contribution in [2.45, 2.75) is 20.0 Å². The number of benzene rings is 1. The fourth-order valence-electron chi connectivity index (χ4n) is 2.53. The Bertz CT molecular complexity index is 775. The summed E-state index contributed by atoms with van der Waals surface area (Å²) in [7, 11) is 4.09. The van der Waals surface area contributed by atoms with Gasteiger partial charge in [0.15, 0.2) is 0 Å². The van der Waals surface area contributed by atoms with Crippen molar-refractivity contribution in [2.75, 3.05) is 25.6 Å². The van der Waals surface area contributed by atoms with E-state index in [0.717, 1.165) is 35.5 Å². The second kappa shape index (κ2) is 6.84. The average Bonchev–Trinajstić information content (AvgIpc) is 2.98. The number of fused-ring (bicyclic) bond motifs is 1. The summed E-state index contributed by atoms with van der Waals surface area (Å²) < 4.78 is 7.68. The van der Waals surface area contributed by atoms with E-state index in [-0.39, 0.29) is 0 Å². The monoisotopic (exact) mass is 309 g/mol. The van der Waals surface area contributed by atoms with Gasteiger partial charge in [0, 0.05) is 44.3 Å². The zero-order valence-electron chi connectivity index (χ0n) is 14.0. The number of hydrogen-bond donors (Lipinski definition) is 0. The van der Waals surface area contributed by atoms with E-state index in [1.54, 1.807) is 0 Å². The number of nitrogens with zero attached hydrogens (tertiary/aromatic N) is 3. The summed E-state index contributed by atoms with van der Waals surface area (Å²) >= 11 is 0. The molecule has 2 heterocycles. The van der Waals surface area contributed by atoms with Crippen LogP contribution in [-0.4, -0.2) is 30.1 Å². The van der Waals surface area contributed by atoms with Gasteiger partial charge in [0.25, 0.3) is 0 Å². The van der Waals surface area contributed by atoms with E-state index in [1.807, 2.05) is 20.2 Å². The Hall–Kier alpha value is -2.33. The molecule has 120 valence electrons. The molecule has 0 saturated heterocycles. The van der Waals surface area contributed by atoms with Gasteiger partial charge in [-0.15, -0.1) is 0 Å². The molecule has 23 heavy (non-hydrogen) atoms. The van der Waals surface area contributed by atoms with E-state index in [4.69, 9.17) is 9.72 Å². The molecule has 3 aromatic rings. The minimum absolute atomic E-state index is 0.648. The Morgan fingerprint density at radius 2 is 1.83 bits per heavy atom. The first kappa shape index (κ1) is 15.6. The van der Waals surface area contributed by atoms with Crippen LogP contribution in [0.25, 0.3) is 16.9 Å². The summed E-state index contributed by atoms with van der Waals surface area (Å²) in [6.07, 6.45) is 5.21. The van der Waals surface area contributed by atoms with Crippen LogP contribution in [0, 0.1) is 0 Å². The number of ether oxygens (including phenoxy) is 1. The summed E-state index contributed by atoms with van der Waals surface area (Å²) in [5, 5.41) is 0. The highest BCUT2D eigenvalue weighted by atomic mass is 16.5. The summed E-state index contributed by atoms with van der Waals surface area (Å²) in [6, 6.07) is 12.6. The molecular weight excluding hydrogens is 286 g/mol. The predicted octanol–water partition coefficient (Wildman–Crippen LogP) is 3.99. The smallest absolute Gasteiger partial charge is 0.137 e. The number of rotatable bonds is 6.